The fourth-order valence-corrected chi connectivity index (χ4v) is 1.76. The number of carbonyl (C=O) groups excluding carboxylic acids is 1. The van der Waals surface area contributed by atoms with E-state index in [0.29, 0.717) is 12.8 Å². The standard InChI is InChI=1S/C15H22N2O3/c1-11(2)16-10-14(18)17-13(15(19)20)9-8-12-6-4-3-5-7-12/h3-7,11,13,16H,8-10H2,1-2H3,(H,17,18)(H,19,20). The quantitative estimate of drug-likeness (QED) is 0.667. The predicted molar refractivity (Wildman–Crippen MR) is 77.5 cm³/mol. The molecule has 0 fully saturated rings. The molecule has 20 heavy (non-hydrogen) atoms. The van der Waals surface area contributed by atoms with Crippen molar-refractivity contribution < 1.29 is 14.7 Å². The lowest BCUT2D eigenvalue weighted by Gasteiger charge is -2.15. The van der Waals surface area contributed by atoms with Gasteiger partial charge in [0.05, 0.1) is 6.54 Å². The molecule has 110 valence electrons. The molecule has 0 spiro atoms. The fraction of sp³-hybridized carbons (Fsp3) is 0.467. The number of amides is 1. The third kappa shape index (κ3) is 6.33. The van der Waals surface area contributed by atoms with Crippen LogP contribution in [0.15, 0.2) is 30.3 Å². The predicted octanol–water partition coefficient (Wildman–Crippen LogP) is 1.19. The molecule has 1 rings (SSSR count). The van der Waals surface area contributed by atoms with Gasteiger partial charge in [-0.2, -0.15) is 0 Å². The molecule has 0 aliphatic rings. The second-order valence-corrected chi connectivity index (χ2v) is 5.02. The van der Waals surface area contributed by atoms with Gasteiger partial charge < -0.3 is 15.7 Å². The molecule has 0 radical (unpaired) electrons. The second-order valence-electron chi connectivity index (χ2n) is 5.02. The molecule has 0 aliphatic heterocycles. The summed E-state index contributed by atoms with van der Waals surface area (Å²) in [5, 5.41) is 14.6. The van der Waals surface area contributed by atoms with E-state index in [1.54, 1.807) is 0 Å². The Balaban J connectivity index is 2.44. The van der Waals surface area contributed by atoms with Gasteiger partial charge in [-0.3, -0.25) is 4.79 Å². The minimum atomic E-state index is -1.00. The van der Waals surface area contributed by atoms with Crippen molar-refractivity contribution in [2.75, 3.05) is 6.54 Å². The maximum Gasteiger partial charge on any atom is 0.326 e. The first-order valence-corrected chi connectivity index (χ1v) is 6.78. The summed E-state index contributed by atoms with van der Waals surface area (Å²) in [6.07, 6.45) is 1.00. The summed E-state index contributed by atoms with van der Waals surface area (Å²) in [5.41, 5.74) is 1.06. The van der Waals surface area contributed by atoms with E-state index in [1.165, 1.54) is 0 Å². The Morgan fingerprint density at radius 1 is 1.20 bits per heavy atom. The van der Waals surface area contributed by atoms with Gasteiger partial charge in [-0.25, -0.2) is 4.79 Å². The molecule has 1 aromatic carbocycles. The Hall–Kier alpha value is -1.88. The lowest BCUT2D eigenvalue weighted by molar-refractivity contribution is -0.141. The molecule has 5 heteroatoms. The minimum Gasteiger partial charge on any atom is -0.480 e. The highest BCUT2D eigenvalue weighted by molar-refractivity contribution is 5.84. The maximum absolute atomic E-state index is 11.6. The van der Waals surface area contributed by atoms with E-state index in [4.69, 9.17) is 5.11 Å². The van der Waals surface area contributed by atoms with Gasteiger partial charge in [0.1, 0.15) is 6.04 Å². The van der Waals surface area contributed by atoms with Crippen molar-refractivity contribution in [2.24, 2.45) is 0 Å². The van der Waals surface area contributed by atoms with Crippen molar-refractivity contribution in [3.05, 3.63) is 35.9 Å². The zero-order chi connectivity index (χ0) is 15.0. The topological polar surface area (TPSA) is 78.4 Å². The number of hydrogen-bond acceptors (Lipinski definition) is 3. The number of benzene rings is 1. The van der Waals surface area contributed by atoms with Crippen molar-refractivity contribution in [3.8, 4) is 0 Å². The van der Waals surface area contributed by atoms with Gasteiger partial charge in [-0.05, 0) is 18.4 Å². The maximum atomic E-state index is 11.6. The first kappa shape index (κ1) is 16.2. The molecule has 1 amide bonds. The largest absolute Gasteiger partial charge is 0.480 e. The average Bonchev–Trinajstić information content (AvgIpc) is 2.42. The Morgan fingerprint density at radius 2 is 1.85 bits per heavy atom. The van der Waals surface area contributed by atoms with Crippen LogP contribution in [-0.4, -0.2) is 35.6 Å². The van der Waals surface area contributed by atoms with E-state index < -0.39 is 12.0 Å². The zero-order valence-electron chi connectivity index (χ0n) is 11.9. The summed E-state index contributed by atoms with van der Waals surface area (Å²) in [5.74, 6) is -1.29. The molecule has 0 bridgehead atoms. The summed E-state index contributed by atoms with van der Waals surface area (Å²) in [6.45, 7) is 3.99. The van der Waals surface area contributed by atoms with E-state index in [1.807, 2.05) is 44.2 Å². The lowest BCUT2D eigenvalue weighted by Crippen LogP contribution is -2.45. The molecular weight excluding hydrogens is 256 g/mol. The Bertz CT molecular complexity index is 432. The van der Waals surface area contributed by atoms with Crippen LogP contribution in [0.4, 0.5) is 0 Å². The molecule has 1 atom stereocenters. The number of aryl methyl sites for hydroxylation is 1. The van der Waals surface area contributed by atoms with E-state index >= 15 is 0 Å². The third-order valence-corrected chi connectivity index (χ3v) is 2.87. The SMILES string of the molecule is CC(C)NCC(=O)NC(CCc1ccccc1)C(=O)O. The molecule has 0 saturated carbocycles. The van der Waals surface area contributed by atoms with Gasteiger partial charge in [0.15, 0.2) is 0 Å². The van der Waals surface area contributed by atoms with Crippen molar-refractivity contribution in [1.82, 2.24) is 10.6 Å². The van der Waals surface area contributed by atoms with Crippen LogP contribution in [0.2, 0.25) is 0 Å². The van der Waals surface area contributed by atoms with Crippen LogP contribution in [0, 0.1) is 0 Å². The Labute approximate surface area is 119 Å². The fourth-order valence-electron chi connectivity index (χ4n) is 1.76. The van der Waals surface area contributed by atoms with Crippen LogP contribution < -0.4 is 10.6 Å². The smallest absolute Gasteiger partial charge is 0.326 e. The van der Waals surface area contributed by atoms with Crippen LogP contribution in [0.3, 0.4) is 0 Å². The summed E-state index contributed by atoms with van der Waals surface area (Å²) >= 11 is 0. The molecule has 1 unspecified atom stereocenters. The van der Waals surface area contributed by atoms with E-state index in [-0.39, 0.29) is 18.5 Å². The van der Waals surface area contributed by atoms with Crippen molar-refractivity contribution in [1.29, 1.82) is 0 Å². The van der Waals surface area contributed by atoms with Gasteiger partial charge in [-0.15, -0.1) is 0 Å². The van der Waals surface area contributed by atoms with Gasteiger partial charge in [0.25, 0.3) is 0 Å². The molecule has 5 nitrogen and oxygen atoms in total. The molecule has 3 N–H and O–H groups in total. The van der Waals surface area contributed by atoms with Crippen molar-refractivity contribution >= 4 is 11.9 Å². The highest BCUT2D eigenvalue weighted by Gasteiger charge is 2.19. The lowest BCUT2D eigenvalue weighted by atomic mass is 10.1. The van der Waals surface area contributed by atoms with Crippen LogP contribution >= 0.6 is 0 Å². The first-order chi connectivity index (χ1) is 9.49. The number of hydrogen-bond donors (Lipinski definition) is 3. The Kier molecular flexibility index (Phi) is 6.73. The van der Waals surface area contributed by atoms with Gasteiger partial charge in [-0.1, -0.05) is 44.2 Å². The van der Waals surface area contributed by atoms with Crippen LogP contribution in [0.5, 0.6) is 0 Å². The number of carboxylic acids is 1. The molecule has 0 heterocycles. The number of rotatable bonds is 8. The van der Waals surface area contributed by atoms with Crippen LogP contribution in [0.25, 0.3) is 0 Å². The highest BCUT2D eigenvalue weighted by atomic mass is 16.4. The number of carboxylic acid groups (broad SMARTS) is 1. The zero-order valence-corrected chi connectivity index (χ0v) is 11.9. The third-order valence-electron chi connectivity index (χ3n) is 2.87. The summed E-state index contributed by atoms with van der Waals surface area (Å²) in [6, 6.07) is 8.97. The summed E-state index contributed by atoms with van der Waals surface area (Å²) in [7, 11) is 0. The minimum absolute atomic E-state index is 0.132. The highest BCUT2D eigenvalue weighted by Crippen LogP contribution is 2.05. The molecule has 1 aromatic rings. The van der Waals surface area contributed by atoms with Gasteiger partial charge in [0, 0.05) is 6.04 Å². The normalized spacial score (nSPS) is 12.2. The van der Waals surface area contributed by atoms with Crippen molar-refractivity contribution in [3.63, 3.8) is 0 Å². The number of aliphatic carboxylic acids is 1. The number of carbonyl (C=O) groups is 2. The summed E-state index contributed by atoms with van der Waals surface area (Å²) in [4.78, 5) is 22.8. The van der Waals surface area contributed by atoms with Crippen LogP contribution in [-0.2, 0) is 16.0 Å². The first-order valence-electron chi connectivity index (χ1n) is 6.78. The van der Waals surface area contributed by atoms with E-state index in [9.17, 15) is 9.59 Å². The average molecular weight is 278 g/mol. The molecule has 0 aliphatic carbocycles. The van der Waals surface area contributed by atoms with E-state index in [0.717, 1.165) is 5.56 Å². The van der Waals surface area contributed by atoms with E-state index in [2.05, 4.69) is 10.6 Å². The molecular formula is C15H22N2O3. The molecule has 0 aromatic heterocycles. The monoisotopic (exact) mass is 278 g/mol. The molecule has 0 saturated heterocycles. The summed E-state index contributed by atoms with van der Waals surface area (Å²) < 4.78 is 0. The second kappa shape index (κ2) is 8.32. The Morgan fingerprint density at radius 3 is 2.40 bits per heavy atom. The van der Waals surface area contributed by atoms with Crippen molar-refractivity contribution in [2.45, 2.75) is 38.8 Å². The van der Waals surface area contributed by atoms with Gasteiger partial charge >= 0.3 is 5.97 Å². The van der Waals surface area contributed by atoms with Crippen LogP contribution in [0.1, 0.15) is 25.8 Å². The number of nitrogens with one attached hydrogen (secondary N) is 2. The van der Waals surface area contributed by atoms with Gasteiger partial charge in [0.2, 0.25) is 5.91 Å².